The van der Waals surface area contributed by atoms with Gasteiger partial charge in [-0.3, -0.25) is 24.0 Å². The summed E-state index contributed by atoms with van der Waals surface area (Å²) < 4.78 is 27.4. The minimum atomic E-state index is -4.33. The van der Waals surface area contributed by atoms with Crippen LogP contribution in [0, 0.1) is 23.7 Å². The predicted octanol–water partition coefficient (Wildman–Crippen LogP) is -0.429. The van der Waals surface area contributed by atoms with Crippen molar-refractivity contribution in [2.75, 3.05) is 5.32 Å². The second kappa shape index (κ2) is 10.1. The van der Waals surface area contributed by atoms with Crippen molar-refractivity contribution in [3.05, 3.63) is 52.0 Å². The van der Waals surface area contributed by atoms with Crippen molar-refractivity contribution in [1.29, 1.82) is 0 Å². The van der Waals surface area contributed by atoms with Crippen LogP contribution in [-0.4, -0.2) is 70.5 Å². The van der Waals surface area contributed by atoms with E-state index < -0.39 is 104 Å². The van der Waals surface area contributed by atoms with Gasteiger partial charge in [-0.15, -0.1) is 0 Å². The van der Waals surface area contributed by atoms with E-state index in [-0.39, 0.29) is 16.9 Å². The number of carbonyl (C=O) groups excluding carboxylic acids is 6. The number of ketones is 4. The number of urea groups is 1. The van der Waals surface area contributed by atoms with E-state index in [0.717, 1.165) is 0 Å². The third-order valence-corrected chi connectivity index (χ3v) is 9.86. The first-order chi connectivity index (χ1) is 19.6. The minimum Gasteiger partial charge on any atom is -0.505 e. The van der Waals surface area contributed by atoms with Gasteiger partial charge < -0.3 is 26.4 Å². The molecule has 2 saturated carbocycles. The Balaban J connectivity index is 1.45. The lowest BCUT2D eigenvalue weighted by Crippen LogP contribution is -2.72. The van der Waals surface area contributed by atoms with E-state index >= 15 is 0 Å². The largest absolute Gasteiger partial charge is 0.505 e. The number of fused-ring (bicyclic) bond motifs is 3. The molecule has 0 bridgehead atoms. The molecule has 5 rings (SSSR count). The van der Waals surface area contributed by atoms with Gasteiger partial charge in [0.25, 0.3) is 10.0 Å². The molecule has 2 unspecified atom stereocenters. The van der Waals surface area contributed by atoms with Gasteiger partial charge >= 0.3 is 6.03 Å². The van der Waals surface area contributed by atoms with Crippen LogP contribution in [0.3, 0.4) is 0 Å². The number of hydrogen-bond donors (Lipinski definition) is 6. The van der Waals surface area contributed by atoms with Crippen LogP contribution in [0.15, 0.2) is 45.8 Å². The molecular weight excluding hydrogens is 642 g/mol. The number of aliphatic hydroxyl groups is 2. The Morgan fingerprint density at radius 3 is 2.26 bits per heavy atom. The third kappa shape index (κ3) is 4.41. The van der Waals surface area contributed by atoms with Gasteiger partial charge in [0, 0.05) is 22.7 Å². The van der Waals surface area contributed by atoms with Crippen molar-refractivity contribution in [3.63, 3.8) is 0 Å². The predicted molar refractivity (Wildman–Crippen MR) is 143 cm³/mol. The van der Waals surface area contributed by atoms with Gasteiger partial charge in [-0.1, -0.05) is 22.0 Å². The van der Waals surface area contributed by atoms with Crippen LogP contribution in [0.25, 0.3) is 0 Å². The first-order valence-corrected chi connectivity index (χ1v) is 14.7. The summed E-state index contributed by atoms with van der Waals surface area (Å²) >= 11 is 3.16. The summed E-state index contributed by atoms with van der Waals surface area (Å²) in [5, 5.41) is 35.4. The summed E-state index contributed by atoms with van der Waals surface area (Å²) in [7, 11) is -4.33. The number of Topliss-reactive ketones (excluding diaryl/α,β-unsaturated/α-hetero) is 4. The van der Waals surface area contributed by atoms with E-state index in [1.165, 1.54) is 36.4 Å². The standard InChI is InChI=1S/C26H22BrN3O11S/c27-10-2-4-11(5-3-10)42(40,41)30-25(38)29-14-6-1-9-7-12-17(21(34)16(9)20(14)33)22(35)26(39)13(19(12)32)8-15(31)18(23(26)36)24(28)37/h1-6,12-13,17-19,32-33,39H,7-8H2,(H2,28,37)(H2,29,30,38)/t12-,13-,17?,18?,19+,26+/m1/s1. The highest BCUT2D eigenvalue weighted by Gasteiger charge is 2.69. The van der Waals surface area contributed by atoms with E-state index in [0.29, 0.717) is 4.47 Å². The molecule has 0 spiro atoms. The number of aliphatic hydroxyl groups excluding tert-OH is 1. The number of carbonyl (C=O) groups is 6. The summed E-state index contributed by atoms with van der Waals surface area (Å²) in [6.45, 7) is 0. The number of nitrogens with one attached hydrogen (secondary N) is 2. The van der Waals surface area contributed by atoms with Crippen LogP contribution in [0.1, 0.15) is 22.3 Å². The number of benzene rings is 2. The molecule has 14 nitrogen and oxygen atoms in total. The van der Waals surface area contributed by atoms with E-state index in [1.54, 1.807) is 4.72 Å². The zero-order valence-corrected chi connectivity index (χ0v) is 23.6. The summed E-state index contributed by atoms with van der Waals surface area (Å²) in [6.07, 6.45) is -2.62. The van der Waals surface area contributed by atoms with Crippen LogP contribution in [0.2, 0.25) is 0 Å². The highest BCUT2D eigenvalue weighted by Crippen LogP contribution is 2.50. The summed E-state index contributed by atoms with van der Waals surface area (Å²) in [5.41, 5.74) is 1.36. The van der Waals surface area contributed by atoms with E-state index in [1.807, 2.05) is 0 Å². The number of hydrogen-bond acceptors (Lipinski definition) is 11. The quantitative estimate of drug-likeness (QED) is 0.181. The first-order valence-electron chi connectivity index (χ1n) is 12.4. The molecule has 0 radical (unpaired) electrons. The molecule has 2 fully saturated rings. The summed E-state index contributed by atoms with van der Waals surface area (Å²) in [5.74, 6) is -14.0. The Hall–Kier alpha value is -3.99. The molecule has 0 aromatic heterocycles. The molecule has 0 aliphatic heterocycles. The maximum atomic E-state index is 13.6. The zero-order valence-electron chi connectivity index (χ0n) is 21.2. The van der Waals surface area contributed by atoms with Crippen molar-refractivity contribution >= 4 is 66.7 Å². The molecule has 3 aliphatic rings. The van der Waals surface area contributed by atoms with Crippen molar-refractivity contribution in [2.45, 2.75) is 29.4 Å². The second-order valence-corrected chi connectivity index (χ2v) is 12.9. The minimum absolute atomic E-state index is 0.146. The molecular formula is C26H22BrN3O11S. The van der Waals surface area contributed by atoms with Gasteiger partial charge in [-0.25, -0.2) is 17.9 Å². The maximum Gasteiger partial charge on any atom is 0.333 e. The van der Waals surface area contributed by atoms with Gasteiger partial charge in [0.05, 0.1) is 28.2 Å². The fourth-order valence-corrected chi connectivity index (χ4v) is 7.17. The Kier molecular flexibility index (Phi) is 7.08. The zero-order chi connectivity index (χ0) is 30.9. The molecule has 220 valence electrons. The first kappa shape index (κ1) is 29.5. The molecule has 3 amide bonds. The summed E-state index contributed by atoms with van der Waals surface area (Å²) in [6, 6.07) is 6.54. The SMILES string of the molecule is NC(=O)C1C(=O)C[C@@H]2[C@@H](O)[C@@H]3Cc4ccc(NC(=O)NS(=O)(=O)c5ccc(Br)cc5)c(O)c4C(=O)C3C(=O)[C@]2(O)C1=O. The van der Waals surface area contributed by atoms with Crippen molar-refractivity contribution in [2.24, 2.45) is 29.4 Å². The van der Waals surface area contributed by atoms with E-state index in [9.17, 15) is 52.5 Å². The fourth-order valence-electron chi connectivity index (χ4n) is 6.00. The molecule has 6 atom stereocenters. The number of phenols is 1. The summed E-state index contributed by atoms with van der Waals surface area (Å²) in [4.78, 5) is 76.7. The van der Waals surface area contributed by atoms with Crippen LogP contribution >= 0.6 is 15.9 Å². The Labute approximate surface area is 245 Å². The lowest BCUT2D eigenvalue weighted by Gasteiger charge is -2.51. The normalized spacial score (nSPS) is 28.8. The van der Waals surface area contributed by atoms with Crippen LogP contribution < -0.4 is 15.8 Å². The maximum absolute atomic E-state index is 13.6. The van der Waals surface area contributed by atoms with Gasteiger partial charge in [0.15, 0.2) is 34.7 Å². The monoisotopic (exact) mass is 663 g/mol. The lowest BCUT2D eigenvalue weighted by molar-refractivity contribution is -0.188. The highest BCUT2D eigenvalue weighted by atomic mass is 79.9. The van der Waals surface area contributed by atoms with Crippen molar-refractivity contribution < 1.29 is 52.5 Å². The average Bonchev–Trinajstić information content (AvgIpc) is 2.90. The third-order valence-electron chi connectivity index (χ3n) is 7.99. The lowest BCUT2D eigenvalue weighted by atomic mass is 9.52. The number of amides is 3. The average molecular weight is 664 g/mol. The molecule has 7 N–H and O–H groups in total. The molecule has 3 aliphatic carbocycles. The highest BCUT2D eigenvalue weighted by molar-refractivity contribution is 9.10. The number of nitrogens with two attached hydrogens (primary N) is 1. The number of aromatic hydroxyl groups is 1. The molecule has 2 aromatic carbocycles. The number of rotatable bonds is 4. The second-order valence-electron chi connectivity index (χ2n) is 10.3. The number of anilines is 1. The number of halogens is 1. The van der Waals surface area contributed by atoms with Gasteiger partial charge in [0.1, 0.15) is 5.75 Å². The van der Waals surface area contributed by atoms with Gasteiger partial charge in [-0.05, 0) is 42.3 Å². The molecule has 2 aromatic rings. The molecule has 0 saturated heterocycles. The van der Waals surface area contributed by atoms with Crippen molar-refractivity contribution in [3.8, 4) is 5.75 Å². The number of phenolic OH excluding ortho intramolecular Hbond substituents is 1. The van der Waals surface area contributed by atoms with Crippen LogP contribution in [-0.2, 0) is 35.6 Å². The number of sulfonamides is 1. The van der Waals surface area contributed by atoms with Gasteiger partial charge in [-0.2, -0.15) is 0 Å². The van der Waals surface area contributed by atoms with Crippen LogP contribution in [0.4, 0.5) is 10.5 Å². The molecule has 16 heteroatoms. The van der Waals surface area contributed by atoms with E-state index in [2.05, 4.69) is 21.2 Å². The molecule has 0 heterocycles. The number of primary amides is 1. The van der Waals surface area contributed by atoms with Crippen molar-refractivity contribution in [1.82, 2.24) is 4.72 Å². The smallest absolute Gasteiger partial charge is 0.333 e. The molecule has 42 heavy (non-hydrogen) atoms. The topological polar surface area (TPSA) is 247 Å². The van der Waals surface area contributed by atoms with Crippen LogP contribution in [0.5, 0.6) is 5.75 Å². The van der Waals surface area contributed by atoms with E-state index in [4.69, 9.17) is 5.73 Å². The Bertz CT molecular complexity index is 1710. The fraction of sp³-hybridized carbons (Fsp3) is 0.308. The van der Waals surface area contributed by atoms with Gasteiger partial charge in [0.2, 0.25) is 5.91 Å². The Morgan fingerprint density at radius 2 is 1.64 bits per heavy atom. The Morgan fingerprint density at radius 1 is 1.00 bits per heavy atom.